The molecule has 0 spiro atoms. The van der Waals surface area contributed by atoms with Crippen LogP contribution in [0, 0.1) is 5.92 Å². The molecule has 3 rings (SSSR count). The van der Waals surface area contributed by atoms with Crippen LogP contribution in [0.25, 0.3) is 0 Å². The van der Waals surface area contributed by atoms with Gasteiger partial charge in [-0.15, -0.1) is 0 Å². The fraction of sp³-hybridized carbons (Fsp3) is 0.533. The largest absolute Gasteiger partial charge is 0.492 e. The van der Waals surface area contributed by atoms with Gasteiger partial charge in [0.15, 0.2) is 5.78 Å². The highest BCUT2D eigenvalue weighted by molar-refractivity contribution is 5.96. The van der Waals surface area contributed by atoms with Gasteiger partial charge < -0.3 is 4.74 Å². The average molecular weight is 230 g/mol. The van der Waals surface area contributed by atoms with Crippen LogP contribution in [0.4, 0.5) is 0 Å². The Hall–Kier alpha value is -1.31. The Bertz CT molecular complexity index is 470. The maximum Gasteiger partial charge on any atom is 0.163 e. The first-order chi connectivity index (χ1) is 8.06. The zero-order valence-electron chi connectivity index (χ0n) is 10.5. The zero-order chi connectivity index (χ0) is 12.0. The summed E-state index contributed by atoms with van der Waals surface area (Å²) < 4.78 is 5.63. The minimum atomic E-state index is 0.0329. The third kappa shape index (κ3) is 1.97. The summed E-state index contributed by atoms with van der Waals surface area (Å²) in [5.74, 6) is 1.89. The van der Waals surface area contributed by atoms with Crippen LogP contribution >= 0.6 is 0 Å². The Morgan fingerprint density at radius 3 is 2.88 bits per heavy atom. The maximum absolute atomic E-state index is 12.1. The lowest BCUT2D eigenvalue weighted by Gasteiger charge is -2.15. The zero-order valence-corrected chi connectivity index (χ0v) is 10.5. The predicted octanol–water partition coefficient (Wildman–Crippen LogP) is 3.34. The molecule has 1 aliphatic heterocycles. The Kier molecular flexibility index (Phi) is 2.29. The average Bonchev–Trinajstić information content (AvgIpc) is 3.05. The normalized spacial score (nSPS) is 20.8. The lowest BCUT2D eigenvalue weighted by molar-refractivity contribution is 0.0976. The van der Waals surface area contributed by atoms with Crippen LogP contribution in [0.1, 0.15) is 49.0 Å². The number of ether oxygens (including phenoxy) is 1. The summed E-state index contributed by atoms with van der Waals surface area (Å²) in [5, 5.41) is 0. The van der Waals surface area contributed by atoms with Crippen molar-refractivity contribution in [3.63, 3.8) is 0 Å². The minimum absolute atomic E-state index is 0.0329. The standard InChI is InChI=1S/C15H18O2/c1-15(2)9-17-14-6-5-11(8-12(14)15)13(16)7-10-3-4-10/h5-6,8,10H,3-4,7,9H2,1-2H3. The maximum atomic E-state index is 12.1. The van der Waals surface area contributed by atoms with E-state index in [4.69, 9.17) is 4.74 Å². The van der Waals surface area contributed by atoms with Crippen molar-refractivity contribution in [1.82, 2.24) is 0 Å². The van der Waals surface area contributed by atoms with E-state index >= 15 is 0 Å². The molecule has 1 fully saturated rings. The lowest BCUT2D eigenvalue weighted by atomic mass is 9.85. The van der Waals surface area contributed by atoms with E-state index in [0.717, 1.165) is 17.7 Å². The van der Waals surface area contributed by atoms with Gasteiger partial charge in [0.05, 0.1) is 6.61 Å². The van der Waals surface area contributed by atoms with Gasteiger partial charge in [-0.05, 0) is 37.0 Å². The molecule has 1 saturated carbocycles. The second-order valence-electron chi connectivity index (χ2n) is 5.95. The first-order valence-corrected chi connectivity index (χ1v) is 6.37. The number of Topliss-reactive ketones (excluding diaryl/α,β-unsaturated/α-hetero) is 1. The molecule has 0 radical (unpaired) electrons. The molecule has 2 aliphatic rings. The molecule has 0 saturated heterocycles. The van der Waals surface area contributed by atoms with Crippen LogP contribution in [0.15, 0.2) is 18.2 Å². The van der Waals surface area contributed by atoms with Crippen LogP contribution in [0.5, 0.6) is 5.75 Å². The monoisotopic (exact) mass is 230 g/mol. The fourth-order valence-corrected chi connectivity index (χ4v) is 2.40. The van der Waals surface area contributed by atoms with Crippen LogP contribution in [0.3, 0.4) is 0 Å². The SMILES string of the molecule is CC1(C)COc2ccc(C(=O)CC3CC3)cc21. The molecule has 0 amide bonds. The van der Waals surface area contributed by atoms with E-state index < -0.39 is 0 Å². The first-order valence-electron chi connectivity index (χ1n) is 6.37. The van der Waals surface area contributed by atoms with E-state index in [1.54, 1.807) is 0 Å². The fourth-order valence-electron chi connectivity index (χ4n) is 2.40. The summed E-state index contributed by atoms with van der Waals surface area (Å²) >= 11 is 0. The second-order valence-corrected chi connectivity index (χ2v) is 5.95. The number of carbonyl (C=O) groups excluding carboxylic acids is 1. The Balaban J connectivity index is 1.89. The molecule has 0 bridgehead atoms. The summed E-state index contributed by atoms with van der Waals surface area (Å²) in [5.41, 5.74) is 2.07. The predicted molar refractivity (Wildman–Crippen MR) is 66.6 cm³/mol. The van der Waals surface area contributed by atoms with E-state index in [-0.39, 0.29) is 11.2 Å². The van der Waals surface area contributed by atoms with Gasteiger partial charge in [0.2, 0.25) is 0 Å². The van der Waals surface area contributed by atoms with Crippen LogP contribution in [0.2, 0.25) is 0 Å². The van der Waals surface area contributed by atoms with E-state index in [0.29, 0.717) is 12.5 Å². The van der Waals surface area contributed by atoms with Gasteiger partial charge in [0.25, 0.3) is 0 Å². The van der Waals surface area contributed by atoms with Crippen LogP contribution in [-0.4, -0.2) is 12.4 Å². The topological polar surface area (TPSA) is 26.3 Å². The third-order valence-electron chi connectivity index (χ3n) is 3.79. The quantitative estimate of drug-likeness (QED) is 0.744. The van der Waals surface area contributed by atoms with Crippen molar-refractivity contribution in [2.24, 2.45) is 5.92 Å². The number of rotatable bonds is 3. The molecule has 0 unspecified atom stereocenters. The summed E-state index contributed by atoms with van der Waals surface area (Å²) in [6, 6.07) is 5.89. The molecule has 0 N–H and O–H groups in total. The number of benzene rings is 1. The van der Waals surface area contributed by atoms with E-state index in [1.807, 2.05) is 18.2 Å². The number of ketones is 1. The molecule has 0 aromatic heterocycles. The molecule has 1 aromatic rings. The molecule has 0 atom stereocenters. The molecule has 17 heavy (non-hydrogen) atoms. The van der Waals surface area contributed by atoms with Crippen molar-refractivity contribution in [1.29, 1.82) is 0 Å². The van der Waals surface area contributed by atoms with Crippen molar-refractivity contribution in [2.45, 2.75) is 38.5 Å². The van der Waals surface area contributed by atoms with Gasteiger partial charge in [-0.1, -0.05) is 13.8 Å². The summed E-state index contributed by atoms with van der Waals surface area (Å²) in [4.78, 5) is 12.1. The highest BCUT2D eigenvalue weighted by atomic mass is 16.5. The Morgan fingerprint density at radius 1 is 1.41 bits per heavy atom. The molecule has 1 heterocycles. The molecule has 1 aromatic carbocycles. The molecule has 90 valence electrons. The van der Waals surface area contributed by atoms with E-state index in [2.05, 4.69) is 13.8 Å². The first kappa shape index (κ1) is 10.8. The summed E-state index contributed by atoms with van der Waals surface area (Å²) in [6.07, 6.45) is 3.18. The molecular weight excluding hydrogens is 212 g/mol. The van der Waals surface area contributed by atoms with Gasteiger partial charge in [0.1, 0.15) is 5.75 Å². The molecule has 2 heteroatoms. The highest BCUT2D eigenvalue weighted by Crippen LogP contribution is 2.39. The Morgan fingerprint density at radius 2 is 2.18 bits per heavy atom. The number of hydrogen-bond donors (Lipinski definition) is 0. The molecular formula is C15H18O2. The molecule has 1 aliphatic carbocycles. The van der Waals surface area contributed by atoms with Crippen molar-refractivity contribution in [3.05, 3.63) is 29.3 Å². The Labute approximate surface area is 102 Å². The minimum Gasteiger partial charge on any atom is -0.492 e. The van der Waals surface area contributed by atoms with Gasteiger partial charge in [-0.3, -0.25) is 4.79 Å². The number of hydrogen-bond acceptors (Lipinski definition) is 2. The van der Waals surface area contributed by atoms with Gasteiger partial charge >= 0.3 is 0 Å². The third-order valence-corrected chi connectivity index (χ3v) is 3.79. The van der Waals surface area contributed by atoms with Gasteiger partial charge in [-0.25, -0.2) is 0 Å². The van der Waals surface area contributed by atoms with E-state index in [9.17, 15) is 4.79 Å². The second kappa shape index (κ2) is 3.59. The molecule has 2 nitrogen and oxygen atoms in total. The number of carbonyl (C=O) groups is 1. The van der Waals surface area contributed by atoms with Crippen LogP contribution < -0.4 is 4.74 Å². The number of fused-ring (bicyclic) bond motifs is 1. The van der Waals surface area contributed by atoms with Crippen LogP contribution in [-0.2, 0) is 5.41 Å². The van der Waals surface area contributed by atoms with Crippen molar-refractivity contribution < 1.29 is 9.53 Å². The van der Waals surface area contributed by atoms with Crippen molar-refractivity contribution in [2.75, 3.05) is 6.61 Å². The van der Waals surface area contributed by atoms with Gasteiger partial charge in [0, 0.05) is 23.0 Å². The van der Waals surface area contributed by atoms with E-state index in [1.165, 1.54) is 18.4 Å². The lowest BCUT2D eigenvalue weighted by Crippen LogP contribution is -2.18. The smallest absolute Gasteiger partial charge is 0.163 e. The van der Waals surface area contributed by atoms with Gasteiger partial charge in [-0.2, -0.15) is 0 Å². The highest BCUT2D eigenvalue weighted by Gasteiger charge is 2.33. The summed E-state index contributed by atoms with van der Waals surface area (Å²) in [7, 11) is 0. The van der Waals surface area contributed by atoms with Crippen molar-refractivity contribution in [3.8, 4) is 5.75 Å². The van der Waals surface area contributed by atoms with Crippen molar-refractivity contribution >= 4 is 5.78 Å². The summed E-state index contributed by atoms with van der Waals surface area (Å²) in [6.45, 7) is 5.03.